The van der Waals surface area contributed by atoms with E-state index in [1.165, 1.54) is 30.6 Å². The molecule has 4 nitrogen and oxygen atoms in total. The van der Waals surface area contributed by atoms with Gasteiger partial charge in [-0.05, 0) is 31.4 Å². The number of carboxylic acids is 1. The number of thiophene rings is 1. The molecule has 0 saturated carbocycles. The molecule has 0 unspecified atom stereocenters. The number of rotatable bonds is 4. The zero-order valence-electron chi connectivity index (χ0n) is 11.0. The van der Waals surface area contributed by atoms with Crippen LogP contribution in [0.5, 0.6) is 0 Å². The summed E-state index contributed by atoms with van der Waals surface area (Å²) in [6.07, 6.45) is 3.90. The molecule has 3 rings (SSSR count). The molecule has 3 heterocycles. The van der Waals surface area contributed by atoms with Crippen LogP contribution >= 0.6 is 22.7 Å². The Morgan fingerprint density at radius 1 is 1.30 bits per heavy atom. The zero-order chi connectivity index (χ0) is 13.9. The molecule has 20 heavy (non-hydrogen) atoms. The van der Waals surface area contributed by atoms with E-state index in [4.69, 9.17) is 10.1 Å². The molecule has 0 radical (unpaired) electrons. The molecule has 0 spiro atoms. The second-order valence-corrected chi connectivity index (χ2v) is 6.90. The molecule has 0 aromatic carbocycles. The average Bonchev–Trinajstić information content (AvgIpc) is 3.07. The summed E-state index contributed by atoms with van der Waals surface area (Å²) in [6.45, 7) is 2.20. The van der Waals surface area contributed by atoms with Crippen LogP contribution in [0.4, 0.5) is 5.13 Å². The van der Waals surface area contributed by atoms with Gasteiger partial charge >= 0.3 is 5.97 Å². The van der Waals surface area contributed by atoms with Gasteiger partial charge in [0, 0.05) is 23.3 Å². The van der Waals surface area contributed by atoms with Gasteiger partial charge in [-0.1, -0.05) is 0 Å². The fourth-order valence-corrected chi connectivity index (χ4v) is 4.28. The lowest BCUT2D eigenvalue weighted by Crippen LogP contribution is -2.29. The molecule has 0 amide bonds. The highest BCUT2D eigenvalue weighted by Crippen LogP contribution is 2.33. The van der Waals surface area contributed by atoms with Crippen LogP contribution < -0.4 is 4.90 Å². The lowest BCUT2D eigenvalue weighted by molar-refractivity contribution is -0.136. The first-order chi connectivity index (χ1) is 9.72. The van der Waals surface area contributed by atoms with Crippen LogP contribution in [0.25, 0.3) is 10.6 Å². The fraction of sp³-hybridized carbons (Fsp3) is 0.429. The van der Waals surface area contributed by atoms with Crippen LogP contribution in [0, 0.1) is 0 Å². The van der Waals surface area contributed by atoms with Gasteiger partial charge in [-0.15, -0.1) is 22.7 Å². The number of anilines is 1. The van der Waals surface area contributed by atoms with Crippen LogP contribution in [-0.2, 0) is 11.2 Å². The molecular weight excluding hydrogens is 292 g/mol. The summed E-state index contributed by atoms with van der Waals surface area (Å²) >= 11 is 3.20. The van der Waals surface area contributed by atoms with Crippen molar-refractivity contribution in [3.8, 4) is 10.6 Å². The molecule has 0 aliphatic carbocycles. The second kappa shape index (κ2) is 5.93. The van der Waals surface area contributed by atoms with Gasteiger partial charge in [-0.3, -0.25) is 4.79 Å². The van der Waals surface area contributed by atoms with Gasteiger partial charge in [-0.2, -0.15) is 0 Å². The molecule has 106 valence electrons. The van der Waals surface area contributed by atoms with E-state index in [0.29, 0.717) is 0 Å². The molecule has 0 bridgehead atoms. The molecule has 2 aromatic heterocycles. The topological polar surface area (TPSA) is 53.4 Å². The number of nitrogens with zero attached hydrogens (tertiary/aromatic N) is 2. The molecule has 1 N–H and O–H groups in total. The minimum atomic E-state index is -0.786. The Morgan fingerprint density at radius 3 is 2.85 bits per heavy atom. The van der Waals surface area contributed by atoms with Crippen LogP contribution in [0.2, 0.25) is 0 Å². The number of piperidine rings is 1. The quantitative estimate of drug-likeness (QED) is 0.939. The number of carbonyl (C=O) groups is 1. The third kappa shape index (κ3) is 3.02. The molecule has 1 aliphatic rings. The number of carboxylic acid groups (broad SMARTS) is 1. The van der Waals surface area contributed by atoms with E-state index in [-0.39, 0.29) is 6.42 Å². The molecule has 1 aliphatic heterocycles. The van der Waals surface area contributed by atoms with Crippen LogP contribution in [0.3, 0.4) is 0 Å². The van der Waals surface area contributed by atoms with E-state index in [1.54, 1.807) is 11.3 Å². The lowest BCUT2D eigenvalue weighted by atomic mass is 10.1. The van der Waals surface area contributed by atoms with Gasteiger partial charge < -0.3 is 10.0 Å². The molecule has 6 heteroatoms. The standard InChI is InChI=1S/C14H16N2O2S2/c17-13(18)8-10-4-5-12(20-10)11-9-19-14(15-11)16-6-2-1-3-7-16/h4-5,9H,1-3,6-8H2,(H,17,18). The summed E-state index contributed by atoms with van der Waals surface area (Å²) < 4.78 is 0. The summed E-state index contributed by atoms with van der Waals surface area (Å²) in [5, 5.41) is 12.0. The predicted octanol–water partition coefficient (Wildman–Crippen LogP) is 3.49. The van der Waals surface area contributed by atoms with Crippen molar-refractivity contribution < 1.29 is 9.90 Å². The Balaban J connectivity index is 1.75. The third-order valence-corrected chi connectivity index (χ3v) is 5.37. The van der Waals surface area contributed by atoms with E-state index in [9.17, 15) is 4.79 Å². The first-order valence-corrected chi connectivity index (χ1v) is 8.43. The van der Waals surface area contributed by atoms with E-state index >= 15 is 0 Å². The number of aromatic nitrogens is 1. The Kier molecular flexibility index (Phi) is 4.03. The maximum absolute atomic E-state index is 10.7. The van der Waals surface area contributed by atoms with Crippen molar-refractivity contribution in [3.63, 3.8) is 0 Å². The van der Waals surface area contributed by atoms with Gasteiger partial charge in [0.05, 0.1) is 17.0 Å². The van der Waals surface area contributed by atoms with Crippen LogP contribution in [0.15, 0.2) is 17.5 Å². The van der Waals surface area contributed by atoms with Crippen molar-refractivity contribution in [2.45, 2.75) is 25.7 Å². The van der Waals surface area contributed by atoms with E-state index < -0.39 is 5.97 Å². The average molecular weight is 308 g/mol. The van der Waals surface area contributed by atoms with E-state index in [1.807, 2.05) is 12.1 Å². The maximum Gasteiger partial charge on any atom is 0.308 e. The Hall–Kier alpha value is -1.40. The summed E-state index contributed by atoms with van der Waals surface area (Å²) in [7, 11) is 0. The monoisotopic (exact) mass is 308 g/mol. The fourth-order valence-electron chi connectivity index (χ4n) is 2.37. The summed E-state index contributed by atoms with van der Waals surface area (Å²) in [6, 6.07) is 3.85. The smallest absolute Gasteiger partial charge is 0.308 e. The van der Waals surface area contributed by atoms with Gasteiger partial charge in [0.1, 0.15) is 0 Å². The number of aliphatic carboxylic acids is 1. The Morgan fingerprint density at radius 2 is 2.10 bits per heavy atom. The van der Waals surface area contributed by atoms with E-state index in [2.05, 4.69) is 10.3 Å². The first-order valence-electron chi connectivity index (χ1n) is 6.74. The molecular formula is C14H16N2O2S2. The van der Waals surface area contributed by atoms with Crippen molar-refractivity contribution in [2.24, 2.45) is 0 Å². The van der Waals surface area contributed by atoms with Crippen molar-refractivity contribution >= 4 is 33.8 Å². The van der Waals surface area contributed by atoms with Crippen molar-refractivity contribution in [1.82, 2.24) is 4.98 Å². The number of hydrogen-bond acceptors (Lipinski definition) is 5. The van der Waals surface area contributed by atoms with E-state index in [0.717, 1.165) is 33.7 Å². The molecule has 0 atom stereocenters. The maximum atomic E-state index is 10.7. The second-order valence-electron chi connectivity index (χ2n) is 4.90. The van der Waals surface area contributed by atoms with Crippen LogP contribution in [-0.4, -0.2) is 29.1 Å². The largest absolute Gasteiger partial charge is 0.481 e. The summed E-state index contributed by atoms with van der Waals surface area (Å²) in [5.41, 5.74) is 0.970. The molecule has 1 fully saturated rings. The highest BCUT2D eigenvalue weighted by molar-refractivity contribution is 7.17. The van der Waals surface area contributed by atoms with Crippen LogP contribution in [0.1, 0.15) is 24.1 Å². The molecule has 1 saturated heterocycles. The van der Waals surface area contributed by atoms with Crippen molar-refractivity contribution in [3.05, 3.63) is 22.4 Å². The van der Waals surface area contributed by atoms with Gasteiger partial charge in [-0.25, -0.2) is 4.98 Å². The zero-order valence-corrected chi connectivity index (χ0v) is 12.7. The van der Waals surface area contributed by atoms with Gasteiger partial charge in [0.15, 0.2) is 5.13 Å². The Bertz CT molecular complexity index is 600. The minimum absolute atomic E-state index is 0.0911. The SMILES string of the molecule is O=C(O)Cc1ccc(-c2csc(N3CCCCC3)n2)s1. The van der Waals surface area contributed by atoms with Gasteiger partial charge in [0.2, 0.25) is 0 Å². The Labute approximate surface area is 125 Å². The van der Waals surface area contributed by atoms with Crippen molar-refractivity contribution in [2.75, 3.05) is 18.0 Å². The lowest BCUT2D eigenvalue weighted by Gasteiger charge is -2.25. The number of hydrogen-bond donors (Lipinski definition) is 1. The minimum Gasteiger partial charge on any atom is -0.481 e. The third-order valence-electron chi connectivity index (χ3n) is 3.36. The van der Waals surface area contributed by atoms with Crippen molar-refractivity contribution in [1.29, 1.82) is 0 Å². The van der Waals surface area contributed by atoms with Gasteiger partial charge in [0.25, 0.3) is 0 Å². The number of thiazole rings is 1. The molecule has 2 aromatic rings. The predicted molar refractivity (Wildman–Crippen MR) is 82.8 cm³/mol. The summed E-state index contributed by atoms with van der Waals surface area (Å²) in [5.74, 6) is -0.786. The summed E-state index contributed by atoms with van der Waals surface area (Å²) in [4.78, 5) is 19.7. The highest BCUT2D eigenvalue weighted by Gasteiger charge is 2.15. The first kappa shape index (κ1) is 13.6. The normalized spacial score (nSPS) is 15.5. The highest BCUT2D eigenvalue weighted by atomic mass is 32.1.